The van der Waals surface area contributed by atoms with Crippen molar-refractivity contribution in [2.24, 2.45) is 0 Å². The number of H-pyrrole nitrogens is 1. The molecule has 75 valence electrons. The van der Waals surface area contributed by atoms with Gasteiger partial charge in [-0.2, -0.15) is 0 Å². The summed E-state index contributed by atoms with van der Waals surface area (Å²) in [6.07, 6.45) is 4.32. The van der Waals surface area contributed by atoms with Gasteiger partial charge in [-0.25, -0.2) is 0 Å². The number of amides is 1. The van der Waals surface area contributed by atoms with Crippen molar-refractivity contribution < 1.29 is 37.5 Å². The average molecular weight is 279 g/mol. The molecule has 0 aliphatic rings. The Morgan fingerprint density at radius 2 is 2.40 bits per heavy atom. The standard InChI is InChI=1S/C8H8N5O.Y/c1-2-5(14)13-8-6-7(10-3-9-6)11-4-12-8;/h3H,2H2,1H3,(H2,9,10,11,12,13,14);/q-1;. The predicted octanol–water partition coefficient (Wildman–Crippen LogP) is 0.499. The molecule has 0 bridgehead atoms. The Bertz CT molecular complexity index is 469. The molecule has 0 saturated carbocycles. The van der Waals surface area contributed by atoms with Crippen LogP contribution in [0.15, 0.2) is 6.33 Å². The second-order valence-electron chi connectivity index (χ2n) is 2.68. The number of aromatic nitrogens is 4. The smallest absolute Gasteiger partial charge is 0.214 e. The summed E-state index contributed by atoms with van der Waals surface area (Å²) >= 11 is 0. The molecule has 1 amide bonds. The topological polar surface area (TPSA) is 83.6 Å². The van der Waals surface area contributed by atoms with E-state index in [9.17, 15) is 4.79 Å². The number of anilines is 1. The molecule has 0 unspecified atom stereocenters. The van der Waals surface area contributed by atoms with Crippen LogP contribution in [0.5, 0.6) is 0 Å². The first-order valence-corrected chi connectivity index (χ1v) is 4.18. The fourth-order valence-corrected chi connectivity index (χ4v) is 1.04. The maximum Gasteiger partial charge on any atom is 0.214 e. The predicted molar refractivity (Wildman–Crippen MR) is 49.4 cm³/mol. The zero-order valence-electron chi connectivity index (χ0n) is 8.11. The monoisotopic (exact) mass is 279 g/mol. The molecular weight excluding hydrogens is 271 g/mol. The third-order valence-electron chi connectivity index (χ3n) is 1.75. The van der Waals surface area contributed by atoms with Gasteiger partial charge in [0.15, 0.2) is 0 Å². The Kier molecular flexibility index (Phi) is 4.29. The molecule has 2 rings (SSSR count). The van der Waals surface area contributed by atoms with Crippen molar-refractivity contribution in [3.63, 3.8) is 0 Å². The molecule has 15 heavy (non-hydrogen) atoms. The van der Waals surface area contributed by atoms with E-state index in [-0.39, 0.29) is 38.6 Å². The summed E-state index contributed by atoms with van der Waals surface area (Å²) < 4.78 is 0. The molecule has 2 heterocycles. The van der Waals surface area contributed by atoms with Crippen LogP contribution in [0.25, 0.3) is 11.2 Å². The Labute approximate surface area is 111 Å². The van der Waals surface area contributed by atoms with E-state index in [1.165, 1.54) is 6.33 Å². The molecule has 7 heteroatoms. The fourth-order valence-electron chi connectivity index (χ4n) is 1.04. The van der Waals surface area contributed by atoms with Gasteiger partial charge in [-0.15, -0.1) is 0 Å². The van der Waals surface area contributed by atoms with E-state index in [0.717, 1.165) is 0 Å². The Morgan fingerprint density at radius 1 is 1.60 bits per heavy atom. The second kappa shape index (κ2) is 5.27. The minimum absolute atomic E-state index is 0. The van der Waals surface area contributed by atoms with Crippen molar-refractivity contribution in [1.29, 1.82) is 0 Å². The summed E-state index contributed by atoms with van der Waals surface area (Å²) in [4.78, 5) is 25.5. The van der Waals surface area contributed by atoms with E-state index in [2.05, 4.69) is 31.6 Å². The average Bonchev–Trinajstić information content (AvgIpc) is 2.66. The van der Waals surface area contributed by atoms with Crippen molar-refractivity contribution in [3.8, 4) is 0 Å². The number of carbonyl (C=O) groups is 1. The number of carbonyl (C=O) groups excluding carboxylic acids is 1. The van der Waals surface area contributed by atoms with Gasteiger partial charge >= 0.3 is 0 Å². The molecule has 0 fully saturated rings. The van der Waals surface area contributed by atoms with Crippen molar-refractivity contribution in [1.82, 2.24) is 19.9 Å². The minimum Gasteiger partial charge on any atom is -0.363 e. The molecule has 0 aromatic carbocycles. The van der Waals surface area contributed by atoms with Gasteiger partial charge in [0.25, 0.3) is 0 Å². The molecule has 0 aliphatic carbocycles. The molecule has 0 aliphatic heterocycles. The van der Waals surface area contributed by atoms with E-state index in [1.54, 1.807) is 6.92 Å². The zero-order valence-corrected chi connectivity index (χ0v) is 10.9. The molecule has 0 atom stereocenters. The van der Waals surface area contributed by atoms with Crippen LogP contribution < -0.4 is 5.32 Å². The van der Waals surface area contributed by atoms with Crippen molar-refractivity contribution in [2.45, 2.75) is 13.3 Å². The second-order valence-corrected chi connectivity index (χ2v) is 2.68. The number of aromatic amines is 1. The summed E-state index contributed by atoms with van der Waals surface area (Å²) in [5.74, 6) is 0.312. The number of rotatable bonds is 2. The molecule has 6 nitrogen and oxygen atoms in total. The maximum absolute atomic E-state index is 11.1. The van der Waals surface area contributed by atoms with Crippen molar-refractivity contribution in [2.75, 3.05) is 5.32 Å². The third kappa shape index (κ3) is 2.57. The summed E-state index contributed by atoms with van der Waals surface area (Å²) in [5.41, 5.74) is 1.11. The van der Waals surface area contributed by atoms with Gasteiger partial charge in [-0.3, -0.25) is 9.78 Å². The first-order chi connectivity index (χ1) is 6.81. The number of hydrogen-bond acceptors (Lipinski definition) is 4. The Hall–Kier alpha value is -0.876. The van der Waals surface area contributed by atoms with Gasteiger partial charge in [0.1, 0.15) is 0 Å². The molecule has 0 saturated heterocycles. The van der Waals surface area contributed by atoms with Crippen molar-refractivity contribution in [3.05, 3.63) is 12.7 Å². The number of nitrogens with one attached hydrogen (secondary N) is 2. The van der Waals surface area contributed by atoms with E-state index < -0.39 is 0 Å². The maximum atomic E-state index is 11.1. The summed E-state index contributed by atoms with van der Waals surface area (Å²) in [6.45, 7) is 1.77. The van der Waals surface area contributed by atoms with E-state index in [4.69, 9.17) is 0 Å². The SMILES string of the molecule is CCC(=O)Nc1n[c-]nc2nc[nH]c12.[Y]. The van der Waals surface area contributed by atoms with Gasteiger partial charge in [0, 0.05) is 56.8 Å². The molecule has 2 aromatic rings. The summed E-state index contributed by atoms with van der Waals surface area (Å²) in [5, 5.41) is 2.63. The van der Waals surface area contributed by atoms with Crippen LogP contribution in [0.4, 0.5) is 5.82 Å². The molecular formula is C8H8N5OY-. The van der Waals surface area contributed by atoms with Gasteiger partial charge in [0.2, 0.25) is 5.91 Å². The van der Waals surface area contributed by atoms with Gasteiger partial charge < -0.3 is 20.3 Å². The van der Waals surface area contributed by atoms with E-state index in [1.807, 2.05) is 0 Å². The largest absolute Gasteiger partial charge is 0.363 e. The van der Waals surface area contributed by atoms with Gasteiger partial charge in [-0.1, -0.05) is 6.92 Å². The zero-order chi connectivity index (χ0) is 9.97. The van der Waals surface area contributed by atoms with Crippen LogP contribution >= 0.6 is 0 Å². The van der Waals surface area contributed by atoms with Crippen molar-refractivity contribution >= 4 is 22.9 Å². The normalized spacial score (nSPS) is 9.67. The molecule has 1 radical (unpaired) electrons. The molecule has 0 spiro atoms. The Balaban J connectivity index is 0.00000112. The van der Waals surface area contributed by atoms with Crippen LogP contribution in [-0.2, 0) is 37.5 Å². The first kappa shape index (κ1) is 12.2. The van der Waals surface area contributed by atoms with E-state index in [0.29, 0.717) is 23.4 Å². The number of nitrogens with zero attached hydrogens (tertiary/aromatic N) is 3. The van der Waals surface area contributed by atoms with Crippen LogP contribution in [0.1, 0.15) is 13.3 Å². The number of fused-ring (bicyclic) bond motifs is 1. The Morgan fingerprint density at radius 3 is 3.13 bits per heavy atom. The molecule has 2 aromatic heterocycles. The first-order valence-electron chi connectivity index (χ1n) is 4.18. The van der Waals surface area contributed by atoms with Crippen LogP contribution in [-0.4, -0.2) is 25.8 Å². The fraction of sp³-hybridized carbons (Fsp3) is 0.250. The summed E-state index contributed by atoms with van der Waals surface area (Å²) in [6, 6.07) is 0. The van der Waals surface area contributed by atoms with Gasteiger partial charge in [0.05, 0.1) is 12.0 Å². The number of hydrogen-bond donors (Lipinski definition) is 2. The van der Waals surface area contributed by atoms with Gasteiger partial charge in [-0.05, 0) is 0 Å². The summed E-state index contributed by atoms with van der Waals surface area (Å²) in [7, 11) is 0. The quantitative estimate of drug-likeness (QED) is 0.784. The minimum atomic E-state index is -0.104. The van der Waals surface area contributed by atoms with Crippen LogP contribution in [0.3, 0.4) is 0 Å². The van der Waals surface area contributed by atoms with Crippen LogP contribution in [0.2, 0.25) is 0 Å². The third-order valence-corrected chi connectivity index (χ3v) is 1.75. The molecule has 2 N–H and O–H groups in total. The van der Waals surface area contributed by atoms with E-state index >= 15 is 0 Å². The van der Waals surface area contributed by atoms with Crippen LogP contribution in [0, 0.1) is 6.33 Å². The number of imidazole rings is 1.